The van der Waals surface area contributed by atoms with E-state index in [4.69, 9.17) is 4.42 Å². The van der Waals surface area contributed by atoms with Gasteiger partial charge in [-0.3, -0.25) is 4.79 Å². The molecule has 1 unspecified atom stereocenters. The molecule has 0 bridgehead atoms. The summed E-state index contributed by atoms with van der Waals surface area (Å²) in [6.45, 7) is 6.00. The molecule has 0 aliphatic carbocycles. The van der Waals surface area contributed by atoms with E-state index in [0.29, 0.717) is 5.95 Å². The van der Waals surface area contributed by atoms with E-state index in [1.54, 1.807) is 23.5 Å². The Balaban J connectivity index is 1.75. The first-order valence-corrected chi connectivity index (χ1v) is 11.0. The van der Waals surface area contributed by atoms with Crippen LogP contribution in [0, 0.1) is 13.8 Å². The topological polar surface area (TPSA) is 80.0 Å². The Morgan fingerprint density at radius 3 is 2.45 bits per heavy atom. The van der Waals surface area contributed by atoms with Crippen molar-refractivity contribution < 1.29 is 9.21 Å². The van der Waals surface area contributed by atoms with Crippen molar-refractivity contribution in [2.75, 3.05) is 10.6 Å². The van der Waals surface area contributed by atoms with Gasteiger partial charge in [0.05, 0.1) is 12.3 Å². The molecule has 0 aliphatic heterocycles. The second kappa shape index (κ2) is 9.14. The summed E-state index contributed by atoms with van der Waals surface area (Å²) in [5.41, 5.74) is 3.82. The number of hydrogen-bond donors (Lipinski definition) is 2. The van der Waals surface area contributed by atoms with Crippen LogP contribution in [0.5, 0.6) is 0 Å². The first kappa shape index (κ1) is 20.8. The molecule has 2 N–H and O–H groups in total. The van der Waals surface area contributed by atoms with Crippen LogP contribution in [0.3, 0.4) is 0 Å². The lowest BCUT2D eigenvalue weighted by molar-refractivity contribution is 0.0997. The van der Waals surface area contributed by atoms with E-state index in [1.165, 1.54) is 11.1 Å². The highest BCUT2D eigenvalue weighted by atomic mass is 32.1. The molecule has 6 nitrogen and oxygen atoms in total. The van der Waals surface area contributed by atoms with Gasteiger partial charge in [-0.15, -0.1) is 11.3 Å². The molecular formula is C24H24N4O2S. The summed E-state index contributed by atoms with van der Waals surface area (Å²) < 4.78 is 5.26. The van der Waals surface area contributed by atoms with Gasteiger partial charge in [0.15, 0.2) is 5.76 Å². The highest BCUT2D eigenvalue weighted by Gasteiger charge is 2.23. The fraction of sp³-hybridized carbons (Fsp3) is 0.208. The van der Waals surface area contributed by atoms with Crippen LogP contribution in [0.4, 0.5) is 10.9 Å². The number of hydrogen-bond acceptors (Lipinski definition) is 6. The van der Waals surface area contributed by atoms with Crippen LogP contribution in [0.25, 0.3) is 0 Å². The van der Waals surface area contributed by atoms with Crippen LogP contribution >= 0.6 is 11.3 Å². The molecule has 3 aromatic heterocycles. The van der Waals surface area contributed by atoms with Crippen molar-refractivity contribution in [3.05, 3.63) is 94.0 Å². The van der Waals surface area contributed by atoms with Crippen molar-refractivity contribution in [3.63, 3.8) is 0 Å². The van der Waals surface area contributed by atoms with Crippen molar-refractivity contribution >= 4 is 28.2 Å². The van der Waals surface area contributed by atoms with Gasteiger partial charge >= 0.3 is 0 Å². The van der Waals surface area contributed by atoms with E-state index < -0.39 is 0 Å². The zero-order valence-corrected chi connectivity index (χ0v) is 18.5. The maximum Gasteiger partial charge on any atom is 0.291 e. The Bertz CT molecular complexity index is 1150. The van der Waals surface area contributed by atoms with Crippen molar-refractivity contribution in [1.29, 1.82) is 0 Å². The van der Waals surface area contributed by atoms with Gasteiger partial charge in [0, 0.05) is 21.8 Å². The average molecular weight is 433 g/mol. The number of amides is 1. The maximum absolute atomic E-state index is 12.7. The number of furan rings is 1. The fourth-order valence-electron chi connectivity index (χ4n) is 3.42. The maximum atomic E-state index is 12.7. The Morgan fingerprint density at radius 1 is 1.06 bits per heavy atom. The van der Waals surface area contributed by atoms with Crippen molar-refractivity contribution in [3.8, 4) is 0 Å². The minimum atomic E-state index is -0.273. The van der Waals surface area contributed by atoms with Gasteiger partial charge in [-0.05, 0) is 50.1 Å². The molecule has 0 aliphatic rings. The number of carbonyl (C=O) groups is 1. The molecule has 3 heterocycles. The zero-order chi connectivity index (χ0) is 21.8. The van der Waals surface area contributed by atoms with Gasteiger partial charge in [-0.1, -0.05) is 37.3 Å². The number of carbonyl (C=O) groups excluding carboxylic acids is 1. The van der Waals surface area contributed by atoms with Crippen LogP contribution in [0.15, 0.2) is 65.3 Å². The number of nitrogens with one attached hydrogen (secondary N) is 2. The van der Waals surface area contributed by atoms with Crippen molar-refractivity contribution in [2.24, 2.45) is 0 Å². The molecule has 0 saturated carbocycles. The minimum absolute atomic E-state index is 0.231. The molecule has 0 radical (unpaired) electrons. The van der Waals surface area contributed by atoms with E-state index >= 15 is 0 Å². The standard InChI is InChI=1S/C24H24N4O2S/c1-4-18-14-19(23(31-18)28-22(29)20-11-8-12-30-20)21(17-9-6-5-7-10-17)27-24-25-15(2)13-16(3)26-24/h5-14,21H,4H2,1-3H3,(H,28,29)(H,25,26,27). The minimum Gasteiger partial charge on any atom is -0.459 e. The molecule has 1 atom stereocenters. The van der Waals surface area contributed by atoms with Crippen LogP contribution < -0.4 is 10.6 Å². The van der Waals surface area contributed by atoms with Crippen LogP contribution in [-0.2, 0) is 6.42 Å². The SMILES string of the molecule is CCc1cc(C(Nc2nc(C)cc(C)n2)c2ccccc2)c(NC(=O)c2ccco2)s1. The summed E-state index contributed by atoms with van der Waals surface area (Å²) >= 11 is 1.57. The number of aromatic nitrogens is 2. The first-order chi connectivity index (χ1) is 15.0. The number of nitrogens with zero attached hydrogens (tertiary/aromatic N) is 2. The second-order valence-corrected chi connectivity index (χ2v) is 8.38. The third-order valence-corrected chi connectivity index (χ3v) is 6.04. The summed E-state index contributed by atoms with van der Waals surface area (Å²) in [6.07, 6.45) is 2.36. The van der Waals surface area contributed by atoms with Crippen LogP contribution in [0.2, 0.25) is 0 Å². The van der Waals surface area contributed by atoms with Gasteiger partial charge < -0.3 is 15.1 Å². The van der Waals surface area contributed by atoms with Gasteiger partial charge in [0.25, 0.3) is 5.91 Å². The molecule has 158 valence electrons. The third kappa shape index (κ3) is 4.83. The molecule has 0 fully saturated rings. The van der Waals surface area contributed by atoms with E-state index in [9.17, 15) is 4.79 Å². The van der Waals surface area contributed by atoms with E-state index in [2.05, 4.69) is 45.7 Å². The summed E-state index contributed by atoms with van der Waals surface area (Å²) in [6, 6.07) is 17.3. The number of thiophene rings is 1. The van der Waals surface area contributed by atoms with Gasteiger partial charge in [-0.25, -0.2) is 9.97 Å². The largest absolute Gasteiger partial charge is 0.459 e. The summed E-state index contributed by atoms with van der Waals surface area (Å²) in [5, 5.41) is 7.30. The first-order valence-electron chi connectivity index (χ1n) is 10.1. The fourth-order valence-corrected chi connectivity index (χ4v) is 4.45. The predicted molar refractivity (Wildman–Crippen MR) is 124 cm³/mol. The average Bonchev–Trinajstić information content (AvgIpc) is 3.42. The van der Waals surface area contributed by atoms with E-state index in [1.807, 2.05) is 38.1 Å². The Hall–Kier alpha value is -3.45. The highest BCUT2D eigenvalue weighted by Crippen LogP contribution is 2.38. The van der Waals surface area contributed by atoms with Gasteiger partial charge in [-0.2, -0.15) is 0 Å². The molecule has 1 amide bonds. The van der Waals surface area contributed by atoms with Crippen LogP contribution in [0.1, 0.15) is 50.9 Å². The van der Waals surface area contributed by atoms with Gasteiger partial charge in [0.1, 0.15) is 5.00 Å². The molecular weight excluding hydrogens is 408 g/mol. The molecule has 0 spiro atoms. The quantitative estimate of drug-likeness (QED) is 0.388. The number of rotatable bonds is 7. The lowest BCUT2D eigenvalue weighted by Crippen LogP contribution is -2.17. The molecule has 31 heavy (non-hydrogen) atoms. The highest BCUT2D eigenvalue weighted by molar-refractivity contribution is 7.16. The predicted octanol–water partition coefficient (Wildman–Crippen LogP) is 5.76. The normalized spacial score (nSPS) is 11.8. The van der Waals surface area contributed by atoms with E-state index in [-0.39, 0.29) is 17.7 Å². The molecule has 0 saturated heterocycles. The summed E-state index contributed by atoms with van der Waals surface area (Å²) in [7, 11) is 0. The lowest BCUT2D eigenvalue weighted by atomic mass is 10.00. The molecule has 1 aromatic carbocycles. The number of aryl methyl sites for hydroxylation is 3. The van der Waals surface area contributed by atoms with Gasteiger partial charge in [0.2, 0.25) is 5.95 Å². The summed E-state index contributed by atoms with van der Waals surface area (Å²) in [4.78, 5) is 23.0. The molecule has 4 aromatic rings. The monoisotopic (exact) mass is 432 g/mol. The summed E-state index contributed by atoms with van der Waals surface area (Å²) in [5.74, 6) is 0.559. The third-order valence-electron chi connectivity index (χ3n) is 4.83. The van der Waals surface area contributed by atoms with Crippen molar-refractivity contribution in [2.45, 2.75) is 33.2 Å². The smallest absolute Gasteiger partial charge is 0.291 e. The second-order valence-electron chi connectivity index (χ2n) is 7.24. The number of anilines is 2. The van der Waals surface area contributed by atoms with Crippen LogP contribution in [-0.4, -0.2) is 15.9 Å². The lowest BCUT2D eigenvalue weighted by Gasteiger charge is -2.21. The number of benzene rings is 1. The Kier molecular flexibility index (Phi) is 6.13. The Morgan fingerprint density at radius 2 is 1.81 bits per heavy atom. The van der Waals surface area contributed by atoms with Crippen molar-refractivity contribution in [1.82, 2.24) is 9.97 Å². The molecule has 7 heteroatoms. The zero-order valence-electron chi connectivity index (χ0n) is 17.7. The molecule has 4 rings (SSSR count). The Labute approximate surface area is 185 Å². The van der Waals surface area contributed by atoms with E-state index in [0.717, 1.165) is 33.9 Å².